The average Bonchev–Trinajstić information content (AvgIpc) is 2.96. The third kappa shape index (κ3) is 5.61. The van der Waals surface area contributed by atoms with Crippen LogP contribution in [0.1, 0.15) is 25.3 Å². The predicted molar refractivity (Wildman–Crippen MR) is 95.6 cm³/mol. The summed E-state index contributed by atoms with van der Waals surface area (Å²) >= 11 is 0. The van der Waals surface area contributed by atoms with Crippen LogP contribution in [0.4, 0.5) is 0 Å². The van der Waals surface area contributed by atoms with Crippen LogP contribution in [0.25, 0.3) is 6.08 Å². The van der Waals surface area contributed by atoms with Gasteiger partial charge in [-0.05, 0) is 36.6 Å². The standard InChI is InChI=1S/C18H22N2O4S/c1-2-11-20(16-9-13-25(22,23)14-16)18(21)8-5-15-3-6-17(7-4-15)24-12-10-19/h3-8,16H,2,9,11-14H2,1H3. The zero-order chi connectivity index (χ0) is 18.3. The topological polar surface area (TPSA) is 87.5 Å². The number of hydrogen-bond acceptors (Lipinski definition) is 5. The van der Waals surface area contributed by atoms with Crippen LogP contribution in [0.3, 0.4) is 0 Å². The summed E-state index contributed by atoms with van der Waals surface area (Å²) in [6.07, 6.45) is 4.46. The van der Waals surface area contributed by atoms with Gasteiger partial charge in [-0.2, -0.15) is 5.26 Å². The van der Waals surface area contributed by atoms with Crippen molar-refractivity contribution >= 4 is 21.8 Å². The van der Waals surface area contributed by atoms with Crippen LogP contribution in [0, 0.1) is 11.3 Å². The van der Waals surface area contributed by atoms with E-state index in [2.05, 4.69) is 0 Å². The lowest BCUT2D eigenvalue weighted by Gasteiger charge is -2.26. The van der Waals surface area contributed by atoms with E-state index in [4.69, 9.17) is 10.00 Å². The van der Waals surface area contributed by atoms with Crippen molar-refractivity contribution in [1.29, 1.82) is 5.26 Å². The predicted octanol–water partition coefficient (Wildman–Crippen LogP) is 2.03. The highest BCUT2D eigenvalue weighted by molar-refractivity contribution is 7.91. The fourth-order valence-corrected chi connectivity index (χ4v) is 4.52. The zero-order valence-electron chi connectivity index (χ0n) is 14.2. The van der Waals surface area contributed by atoms with Gasteiger partial charge in [-0.15, -0.1) is 0 Å². The number of rotatable bonds is 7. The first-order chi connectivity index (χ1) is 11.9. The first kappa shape index (κ1) is 19.0. The lowest BCUT2D eigenvalue weighted by molar-refractivity contribution is -0.127. The molecule has 1 aliphatic rings. The highest BCUT2D eigenvalue weighted by Gasteiger charge is 2.33. The first-order valence-corrected chi connectivity index (χ1v) is 10.1. The molecule has 0 saturated carbocycles. The third-order valence-corrected chi connectivity index (χ3v) is 5.75. The van der Waals surface area contributed by atoms with Crippen molar-refractivity contribution in [3.05, 3.63) is 35.9 Å². The van der Waals surface area contributed by atoms with Crippen molar-refractivity contribution in [3.63, 3.8) is 0 Å². The SMILES string of the molecule is CCCN(C(=O)C=Cc1ccc(OCC#N)cc1)C1CCS(=O)(=O)C1. The first-order valence-electron chi connectivity index (χ1n) is 8.24. The summed E-state index contributed by atoms with van der Waals surface area (Å²) in [5.74, 6) is 0.624. The van der Waals surface area contributed by atoms with E-state index < -0.39 is 9.84 Å². The van der Waals surface area contributed by atoms with Gasteiger partial charge in [-0.3, -0.25) is 4.79 Å². The largest absolute Gasteiger partial charge is 0.479 e. The van der Waals surface area contributed by atoms with Crippen LogP contribution in [0.2, 0.25) is 0 Å². The molecule has 1 saturated heterocycles. The third-order valence-electron chi connectivity index (χ3n) is 4.00. The van der Waals surface area contributed by atoms with Crippen molar-refractivity contribution in [3.8, 4) is 11.8 Å². The van der Waals surface area contributed by atoms with Crippen LogP contribution in [-0.4, -0.2) is 49.9 Å². The number of nitrogens with zero attached hydrogens (tertiary/aromatic N) is 2. The van der Waals surface area contributed by atoms with E-state index in [1.807, 2.05) is 13.0 Å². The Kier molecular flexibility index (Phi) is 6.59. The molecule has 0 N–H and O–H groups in total. The Hall–Kier alpha value is -2.33. The van der Waals surface area contributed by atoms with Gasteiger partial charge in [0.05, 0.1) is 11.5 Å². The fraction of sp³-hybridized carbons (Fsp3) is 0.444. The maximum absolute atomic E-state index is 12.5. The lowest BCUT2D eigenvalue weighted by atomic mass is 10.1. The molecule has 1 fully saturated rings. The Labute approximate surface area is 148 Å². The summed E-state index contributed by atoms with van der Waals surface area (Å²) in [6, 6.07) is 8.71. The summed E-state index contributed by atoms with van der Waals surface area (Å²) in [7, 11) is -3.03. The summed E-state index contributed by atoms with van der Waals surface area (Å²) in [4.78, 5) is 14.2. The van der Waals surface area contributed by atoms with Crippen LogP contribution in [0.15, 0.2) is 30.3 Å². The zero-order valence-corrected chi connectivity index (χ0v) is 15.0. The minimum absolute atomic E-state index is 0.00997. The van der Waals surface area contributed by atoms with E-state index in [-0.39, 0.29) is 30.1 Å². The van der Waals surface area contributed by atoms with Gasteiger partial charge in [-0.25, -0.2) is 8.42 Å². The van der Waals surface area contributed by atoms with E-state index in [0.717, 1.165) is 12.0 Å². The molecular weight excluding hydrogens is 340 g/mol. The number of nitriles is 1. The van der Waals surface area contributed by atoms with Crippen LogP contribution >= 0.6 is 0 Å². The van der Waals surface area contributed by atoms with Gasteiger partial charge in [0.2, 0.25) is 5.91 Å². The summed E-state index contributed by atoms with van der Waals surface area (Å²) < 4.78 is 28.5. The smallest absolute Gasteiger partial charge is 0.246 e. The number of amides is 1. The number of carbonyl (C=O) groups is 1. The maximum atomic E-state index is 12.5. The number of benzene rings is 1. The van der Waals surface area contributed by atoms with Crippen molar-refractivity contribution in [1.82, 2.24) is 4.90 Å². The highest BCUT2D eigenvalue weighted by Crippen LogP contribution is 2.19. The van der Waals surface area contributed by atoms with Gasteiger partial charge >= 0.3 is 0 Å². The molecule has 0 spiro atoms. The van der Waals surface area contributed by atoms with Gasteiger partial charge in [0.25, 0.3) is 0 Å². The van der Waals surface area contributed by atoms with E-state index in [9.17, 15) is 13.2 Å². The molecule has 0 aliphatic carbocycles. The van der Waals surface area contributed by atoms with Crippen LogP contribution < -0.4 is 4.74 Å². The second-order valence-corrected chi connectivity index (χ2v) is 8.17. The molecule has 1 heterocycles. The van der Waals surface area contributed by atoms with Crippen molar-refractivity contribution in [2.45, 2.75) is 25.8 Å². The van der Waals surface area contributed by atoms with Crippen molar-refractivity contribution in [2.75, 3.05) is 24.7 Å². The molecule has 1 aromatic rings. The molecule has 1 aromatic carbocycles. The van der Waals surface area contributed by atoms with Gasteiger partial charge < -0.3 is 9.64 Å². The number of sulfone groups is 1. The molecule has 25 heavy (non-hydrogen) atoms. The molecule has 0 aromatic heterocycles. The normalized spacial score (nSPS) is 18.8. The van der Waals surface area contributed by atoms with Gasteiger partial charge in [0, 0.05) is 18.7 Å². The Morgan fingerprint density at radius 3 is 2.68 bits per heavy atom. The molecule has 1 amide bonds. The van der Waals surface area contributed by atoms with E-state index in [1.165, 1.54) is 6.08 Å². The van der Waals surface area contributed by atoms with Crippen LogP contribution in [-0.2, 0) is 14.6 Å². The maximum Gasteiger partial charge on any atom is 0.246 e. The molecule has 134 valence electrons. The second kappa shape index (κ2) is 8.67. The lowest BCUT2D eigenvalue weighted by Crippen LogP contribution is -2.40. The van der Waals surface area contributed by atoms with E-state index in [0.29, 0.717) is 18.7 Å². The molecule has 1 unspecified atom stereocenters. The molecular formula is C18H22N2O4S. The molecule has 6 nitrogen and oxygen atoms in total. The number of hydrogen-bond donors (Lipinski definition) is 0. The van der Waals surface area contributed by atoms with Crippen molar-refractivity contribution < 1.29 is 17.9 Å². The van der Waals surface area contributed by atoms with E-state index in [1.54, 1.807) is 35.2 Å². The Morgan fingerprint density at radius 1 is 1.40 bits per heavy atom. The molecule has 0 bridgehead atoms. The molecule has 7 heteroatoms. The van der Waals surface area contributed by atoms with Crippen LogP contribution in [0.5, 0.6) is 5.75 Å². The summed E-state index contributed by atoms with van der Waals surface area (Å²) in [5, 5.41) is 8.48. The Bertz CT molecular complexity index is 763. The Balaban J connectivity index is 2.02. The Morgan fingerprint density at radius 2 is 2.12 bits per heavy atom. The summed E-state index contributed by atoms with van der Waals surface area (Å²) in [5.41, 5.74) is 0.827. The van der Waals surface area contributed by atoms with E-state index >= 15 is 0 Å². The van der Waals surface area contributed by atoms with Crippen molar-refractivity contribution in [2.24, 2.45) is 0 Å². The number of ether oxygens (including phenoxy) is 1. The summed E-state index contributed by atoms with van der Waals surface area (Å²) in [6.45, 7) is 2.50. The minimum atomic E-state index is -3.03. The molecule has 2 rings (SSSR count). The van der Waals surface area contributed by atoms with Gasteiger partial charge in [0.1, 0.15) is 11.8 Å². The quantitative estimate of drug-likeness (QED) is 0.693. The second-order valence-electron chi connectivity index (χ2n) is 5.94. The molecule has 1 aliphatic heterocycles. The minimum Gasteiger partial charge on any atom is -0.479 e. The monoisotopic (exact) mass is 362 g/mol. The van der Waals surface area contributed by atoms with Gasteiger partial charge in [0.15, 0.2) is 16.4 Å². The fourth-order valence-electron chi connectivity index (χ4n) is 2.79. The average molecular weight is 362 g/mol. The molecule has 0 radical (unpaired) electrons. The highest BCUT2D eigenvalue weighted by atomic mass is 32.2. The number of carbonyl (C=O) groups excluding carboxylic acids is 1. The van der Waals surface area contributed by atoms with Gasteiger partial charge in [-0.1, -0.05) is 19.1 Å². The molecule has 1 atom stereocenters.